The molecule has 2 N–H and O–H groups in total. The lowest BCUT2D eigenvalue weighted by molar-refractivity contribution is 1.34. The fourth-order valence-electron chi connectivity index (χ4n) is 0.534. The minimum atomic E-state index is 0.667. The van der Waals surface area contributed by atoms with E-state index in [0.29, 0.717) is 5.70 Å². The summed E-state index contributed by atoms with van der Waals surface area (Å²) in [5.41, 5.74) is 6.91. The van der Waals surface area contributed by atoms with Gasteiger partial charge in [-0.3, -0.25) is 0 Å². The summed E-state index contributed by atoms with van der Waals surface area (Å²) in [6, 6.07) is 10.3. The molecule has 0 aliphatic heterocycles. The molecule has 1 aromatic carbocycles. The van der Waals surface area contributed by atoms with Crippen LogP contribution in [0.15, 0.2) is 42.6 Å². The summed E-state index contributed by atoms with van der Waals surface area (Å²) in [5.74, 6) is 0. The van der Waals surface area contributed by atoms with E-state index in [0.717, 1.165) is 0 Å². The van der Waals surface area contributed by atoms with Crippen LogP contribution in [0.3, 0.4) is 0 Å². The predicted octanol–water partition coefficient (Wildman–Crippen LogP) is 2.47. The van der Waals surface area contributed by atoms with Gasteiger partial charge in [0.1, 0.15) is 0 Å². The molecule has 1 rings (SSSR count). The van der Waals surface area contributed by atoms with Crippen LogP contribution < -0.4 is 5.73 Å². The Labute approximate surface area is 68.5 Å². The Morgan fingerprint density at radius 3 is 1.82 bits per heavy atom. The summed E-state index contributed by atoms with van der Waals surface area (Å²) in [6.07, 6.45) is 0. The quantitative estimate of drug-likeness (QED) is 0.602. The molecule has 0 radical (unpaired) electrons. The van der Waals surface area contributed by atoms with Crippen LogP contribution in [0.5, 0.6) is 0 Å². The molecular weight excluding hydrogens is 134 g/mol. The van der Waals surface area contributed by atoms with Gasteiger partial charge < -0.3 is 5.73 Å². The fourth-order valence-corrected chi connectivity index (χ4v) is 0.534. The summed E-state index contributed by atoms with van der Waals surface area (Å²) in [4.78, 5) is 0. The van der Waals surface area contributed by atoms with E-state index in [9.17, 15) is 0 Å². The third kappa shape index (κ3) is 8.76. The third-order valence-electron chi connectivity index (χ3n) is 0.940. The highest BCUT2D eigenvalue weighted by atomic mass is 14.5. The lowest BCUT2D eigenvalue weighted by Gasteiger charge is -1.82. The van der Waals surface area contributed by atoms with E-state index in [4.69, 9.17) is 5.73 Å². The first-order valence-electron chi connectivity index (χ1n) is 3.55. The predicted molar refractivity (Wildman–Crippen MR) is 50.2 cm³/mol. The van der Waals surface area contributed by atoms with Gasteiger partial charge >= 0.3 is 0 Å². The van der Waals surface area contributed by atoms with Crippen molar-refractivity contribution in [1.29, 1.82) is 0 Å². The van der Waals surface area contributed by atoms with E-state index in [1.807, 2.05) is 18.2 Å². The van der Waals surface area contributed by atoms with E-state index < -0.39 is 0 Å². The monoisotopic (exact) mass is 149 g/mol. The largest absolute Gasteiger partial charge is 0.403 e. The molecule has 0 fully saturated rings. The minimum absolute atomic E-state index is 0.667. The zero-order valence-corrected chi connectivity index (χ0v) is 7.17. The molecule has 1 aromatic rings. The highest BCUT2D eigenvalue weighted by Crippen LogP contribution is 1.92. The summed E-state index contributed by atoms with van der Waals surface area (Å²) < 4.78 is 0. The van der Waals surface area contributed by atoms with Gasteiger partial charge in [0.2, 0.25) is 0 Å². The van der Waals surface area contributed by atoms with Crippen molar-refractivity contribution in [1.82, 2.24) is 0 Å². The van der Waals surface area contributed by atoms with Crippen LogP contribution >= 0.6 is 0 Å². The number of hydrogen-bond donors (Lipinski definition) is 1. The first-order chi connectivity index (χ1) is 5.13. The van der Waals surface area contributed by atoms with Gasteiger partial charge in [-0.2, -0.15) is 0 Å². The van der Waals surface area contributed by atoms with E-state index in [1.54, 1.807) is 6.92 Å². The highest BCUT2D eigenvalue weighted by molar-refractivity contribution is 5.11. The molecule has 0 heterocycles. The van der Waals surface area contributed by atoms with Crippen LogP contribution in [-0.2, 0) is 0 Å². The maximum Gasteiger partial charge on any atom is -0.00242 e. The van der Waals surface area contributed by atoms with E-state index >= 15 is 0 Å². The van der Waals surface area contributed by atoms with Crippen molar-refractivity contribution in [2.75, 3.05) is 0 Å². The van der Waals surface area contributed by atoms with Crippen LogP contribution in [0, 0.1) is 6.92 Å². The molecular formula is C10H15N. The fraction of sp³-hybridized carbons (Fsp3) is 0.200. The molecule has 0 aromatic heterocycles. The van der Waals surface area contributed by atoms with Gasteiger partial charge in [0, 0.05) is 0 Å². The molecule has 0 saturated carbocycles. The zero-order valence-electron chi connectivity index (χ0n) is 7.17. The average Bonchev–Trinajstić information content (AvgIpc) is 1.87. The number of rotatable bonds is 0. The van der Waals surface area contributed by atoms with Crippen LogP contribution in [0.1, 0.15) is 12.5 Å². The van der Waals surface area contributed by atoms with Gasteiger partial charge in [0.15, 0.2) is 0 Å². The summed E-state index contributed by atoms with van der Waals surface area (Å²) in [6.45, 7) is 7.17. The van der Waals surface area contributed by atoms with Gasteiger partial charge in [-0.25, -0.2) is 0 Å². The number of benzene rings is 1. The molecule has 0 aliphatic carbocycles. The van der Waals surface area contributed by atoms with Crippen molar-refractivity contribution >= 4 is 0 Å². The molecule has 0 spiro atoms. The molecule has 0 unspecified atom stereocenters. The maximum atomic E-state index is 4.92. The molecule has 1 nitrogen and oxygen atoms in total. The van der Waals surface area contributed by atoms with Crippen molar-refractivity contribution in [3.63, 3.8) is 0 Å². The van der Waals surface area contributed by atoms with Gasteiger partial charge in [-0.15, -0.1) is 0 Å². The Balaban J connectivity index is 0.000000218. The minimum Gasteiger partial charge on any atom is -0.403 e. The van der Waals surface area contributed by atoms with E-state index in [1.165, 1.54) is 5.56 Å². The smallest absolute Gasteiger partial charge is 0.00242 e. The van der Waals surface area contributed by atoms with Crippen molar-refractivity contribution in [3.8, 4) is 0 Å². The number of aryl methyl sites for hydroxylation is 1. The Hall–Kier alpha value is -1.24. The van der Waals surface area contributed by atoms with Gasteiger partial charge in [0.05, 0.1) is 0 Å². The Bertz CT molecular complexity index is 197. The van der Waals surface area contributed by atoms with Crippen molar-refractivity contribution in [2.24, 2.45) is 5.73 Å². The standard InChI is InChI=1S/C7H8.C3H7N/c1-7-5-3-2-4-6-7;1-3(2)4/h2-6H,1H3;1,4H2,2H3. The van der Waals surface area contributed by atoms with E-state index in [-0.39, 0.29) is 0 Å². The molecule has 0 atom stereocenters. The Morgan fingerprint density at radius 2 is 1.64 bits per heavy atom. The van der Waals surface area contributed by atoms with E-state index in [2.05, 4.69) is 25.6 Å². The van der Waals surface area contributed by atoms with Crippen LogP contribution in [-0.4, -0.2) is 0 Å². The number of allylic oxidation sites excluding steroid dienone is 1. The van der Waals surface area contributed by atoms with Crippen LogP contribution in [0.4, 0.5) is 0 Å². The SMILES string of the molecule is C=C(C)N.Cc1ccccc1. The van der Waals surface area contributed by atoms with Crippen molar-refractivity contribution < 1.29 is 0 Å². The van der Waals surface area contributed by atoms with Crippen molar-refractivity contribution in [2.45, 2.75) is 13.8 Å². The van der Waals surface area contributed by atoms with Crippen molar-refractivity contribution in [3.05, 3.63) is 48.2 Å². The molecule has 0 bridgehead atoms. The maximum absolute atomic E-state index is 4.92. The lowest BCUT2D eigenvalue weighted by atomic mass is 10.2. The normalized spacial score (nSPS) is 7.82. The molecule has 0 saturated heterocycles. The third-order valence-corrected chi connectivity index (χ3v) is 0.940. The molecule has 1 heteroatoms. The molecule has 60 valence electrons. The average molecular weight is 149 g/mol. The summed E-state index contributed by atoms with van der Waals surface area (Å²) in [7, 11) is 0. The van der Waals surface area contributed by atoms with Crippen LogP contribution in [0.25, 0.3) is 0 Å². The van der Waals surface area contributed by atoms with Crippen LogP contribution in [0.2, 0.25) is 0 Å². The number of hydrogen-bond acceptors (Lipinski definition) is 1. The summed E-state index contributed by atoms with van der Waals surface area (Å²) in [5, 5.41) is 0. The van der Waals surface area contributed by atoms with Gasteiger partial charge in [-0.05, 0) is 19.5 Å². The lowest BCUT2D eigenvalue weighted by Crippen LogP contribution is -1.83. The second-order valence-corrected chi connectivity index (χ2v) is 2.50. The first kappa shape index (κ1) is 9.76. The molecule has 0 aliphatic rings. The zero-order chi connectivity index (χ0) is 8.69. The van der Waals surface area contributed by atoms with Gasteiger partial charge in [-0.1, -0.05) is 42.5 Å². The van der Waals surface area contributed by atoms with Gasteiger partial charge in [0.25, 0.3) is 0 Å². The molecule has 11 heavy (non-hydrogen) atoms. The second kappa shape index (κ2) is 5.54. The highest BCUT2D eigenvalue weighted by Gasteiger charge is 1.72. The topological polar surface area (TPSA) is 26.0 Å². The summed E-state index contributed by atoms with van der Waals surface area (Å²) >= 11 is 0. The Morgan fingerprint density at radius 1 is 1.27 bits per heavy atom. The second-order valence-electron chi connectivity index (χ2n) is 2.50. The Kier molecular flexibility index (Phi) is 4.91. The first-order valence-corrected chi connectivity index (χ1v) is 3.55. The number of nitrogens with two attached hydrogens (primary N) is 1. The molecule has 0 amide bonds.